The van der Waals surface area contributed by atoms with Gasteiger partial charge in [-0.3, -0.25) is 4.79 Å². The molecule has 0 spiro atoms. The van der Waals surface area contributed by atoms with Gasteiger partial charge in [0.1, 0.15) is 0 Å². The van der Waals surface area contributed by atoms with E-state index in [1.54, 1.807) is 0 Å². The zero-order valence-corrected chi connectivity index (χ0v) is 14.6. The lowest BCUT2D eigenvalue weighted by Gasteiger charge is -2.41. The molecule has 2 heterocycles. The van der Waals surface area contributed by atoms with Crippen molar-refractivity contribution in [1.29, 1.82) is 0 Å². The first-order valence-corrected chi connectivity index (χ1v) is 8.13. The fourth-order valence-corrected chi connectivity index (χ4v) is 4.57. The smallest absolute Gasteiger partial charge is 0.205 e. The summed E-state index contributed by atoms with van der Waals surface area (Å²) in [7, 11) is 0. The highest BCUT2D eigenvalue weighted by molar-refractivity contribution is 14.1. The molecule has 0 saturated heterocycles. The second-order valence-corrected chi connectivity index (χ2v) is 7.52. The molecule has 0 bridgehead atoms. The molecule has 0 aliphatic carbocycles. The van der Waals surface area contributed by atoms with E-state index in [0.29, 0.717) is 0 Å². The molecule has 108 valence electrons. The van der Waals surface area contributed by atoms with Crippen molar-refractivity contribution in [1.82, 2.24) is 4.90 Å². The minimum absolute atomic E-state index is 0.0851. The zero-order chi connectivity index (χ0) is 15.3. The van der Waals surface area contributed by atoms with E-state index in [2.05, 4.69) is 48.3 Å². The highest BCUT2D eigenvalue weighted by Crippen LogP contribution is 2.51. The molecular formula is C18H18INO. The number of benzene rings is 1. The second kappa shape index (κ2) is 4.83. The van der Waals surface area contributed by atoms with Gasteiger partial charge in [-0.15, -0.1) is 0 Å². The van der Waals surface area contributed by atoms with Gasteiger partial charge in [-0.2, -0.15) is 0 Å². The van der Waals surface area contributed by atoms with Crippen LogP contribution in [0.2, 0.25) is 0 Å². The lowest BCUT2D eigenvalue weighted by atomic mass is 9.84. The van der Waals surface area contributed by atoms with Gasteiger partial charge in [0.2, 0.25) is 5.78 Å². The van der Waals surface area contributed by atoms with Gasteiger partial charge in [-0.25, -0.2) is 0 Å². The van der Waals surface area contributed by atoms with Crippen LogP contribution in [-0.4, -0.2) is 10.7 Å². The fraction of sp³-hybridized carbons (Fsp3) is 0.278. The van der Waals surface area contributed by atoms with Crippen LogP contribution in [0.3, 0.4) is 0 Å². The summed E-state index contributed by atoms with van der Waals surface area (Å²) < 4.78 is 0.833. The Morgan fingerprint density at radius 2 is 1.76 bits per heavy atom. The van der Waals surface area contributed by atoms with Crippen LogP contribution in [0.25, 0.3) is 0 Å². The maximum absolute atomic E-state index is 13.1. The molecule has 1 aromatic rings. The van der Waals surface area contributed by atoms with E-state index in [1.165, 1.54) is 0 Å². The summed E-state index contributed by atoms with van der Waals surface area (Å²) in [4.78, 5) is 15.3. The highest BCUT2D eigenvalue weighted by atomic mass is 127. The molecule has 1 unspecified atom stereocenters. The molecular weight excluding hydrogens is 373 g/mol. The lowest BCUT2D eigenvalue weighted by Crippen LogP contribution is -2.44. The SMILES string of the molecule is CC(C)(C)C1=C(I)C(=O)C2(c3ccccc3)C=CC=CN12. The van der Waals surface area contributed by atoms with E-state index in [1.807, 2.05) is 54.8 Å². The topological polar surface area (TPSA) is 20.3 Å². The van der Waals surface area contributed by atoms with Gasteiger partial charge in [0.25, 0.3) is 0 Å². The van der Waals surface area contributed by atoms with E-state index >= 15 is 0 Å². The van der Waals surface area contributed by atoms with E-state index in [-0.39, 0.29) is 11.2 Å². The minimum atomic E-state index is -0.713. The molecule has 0 saturated carbocycles. The lowest BCUT2D eigenvalue weighted by molar-refractivity contribution is -0.120. The van der Waals surface area contributed by atoms with Crippen LogP contribution in [0.4, 0.5) is 0 Å². The average molecular weight is 391 g/mol. The number of ketones is 1. The molecule has 3 rings (SSSR count). The Balaban J connectivity index is 2.25. The number of rotatable bonds is 1. The first kappa shape index (κ1) is 14.6. The first-order valence-electron chi connectivity index (χ1n) is 7.05. The third-order valence-electron chi connectivity index (χ3n) is 3.98. The van der Waals surface area contributed by atoms with Crippen molar-refractivity contribution >= 4 is 28.4 Å². The zero-order valence-electron chi connectivity index (χ0n) is 12.4. The quantitative estimate of drug-likeness (QED) is 0.655. The van der Waals surface area contributed by atoms with Crippen LogP contribution in [-0.2, 0) is 10.3 Å². The molecule has 3 heteroatoms. The third-order valence-corrected chi connectivity index (χ3v) is 4.98. The molecule has 2 aliphatic heterocycles. The molecule has 1 atom stereocenters. The molecule has 0 radical (unpaired) electrons. The molecule has 2 nitrogen and oxygen atoms in total. The van der Waals surface area contributed by atoms with Crippen LogP contribution in [0.15, 0.2) is 64.0 Å². The van der Waals surface area contributed by atoms with Crippen molar-refractivity contribution in [3.8, 4) is 0 Å². The van der Waals surface area contributed by atoms with Crippen molar-refractivity contribution in [3.63, 3.8) is 0 Å². The van der Waals surface area contributed by atoms with Crippen LogP contribution in [0.1, 0.15) is 26.3 Å². The standard InChI is InChI=1S/C18H18INO/c1-17(2,3)15-14(19)16(21)18(11-7-8-12-20(15)18)13-9-5-4-6-10-13/h4-12H,1-3H3. The fourth-order valence-electron chi connectivity index (χ4n) is 3.09. The summed E-state index contributed by atoms with van der Waals surface area (Å²) in [6.45, 7) is 6.46. The van der Waals surface area contributed by atoms with E-state index in [4.69, 9.17) is 0 Å². The molecule has 0 fully saturated rings. The minimum Gasteiger partial charge on any atom is -0.329 e. The second-order valence-electron chi connectivity index (χ2n) is 6.44. The third kappa shape index (κ3) is 2.01. The predicted molar refractivity (Wildman–Crippen MR) is 93.7 cm³/mol. The highest BCUT2D eigenvalue weighted by Gasteiger charge is 2.53. The van der Waals surface area contributed by atoms with Crippen molar-refractivity contribution in [2.75, 3.05) is 0 Å². The number of Topliss-reactive ketones (excluding diaryl/α,β-unsaturated/α-hetero) is 1. The van der Waals surface area contributed by atoms with Crippen LogP contribution in [0.5, 0.6) is 0 Å². The van der Waals surface area contributed by atoms with Crippen molar-refractivity contribution in [2.45, 2.75) is 26.3 Å². The maximum Gasteiger partial charge on any atom is 0.205 e. The molecule has 0 amide bonds. The number of allylic oxidation sites excluding steroid dienone is 3. The summed E-state index contributed by atoms with van der Waals surface area (Å²) in [5.74, 6) is 0.167. The number of halogens is 1. The maximum atomic E-state index is 13.1. The molecule has 0 N–H and O–H groups in total. The summed E-state index contributed by atoms with van der Waals surface area (Å²) in [6.07, 6.45) is 8.01. The van der Waals surface area contributed by atoms with Crippen LogP contribution >= 0.6 is 22.6 Å². The summed E-state index contributed by atoms with van der Waals surface area (Å²) >= 11 is 2.21. The van der Waals surface area contributed by atoms with E-state index in [0.717, 1.165) is 14.8 Å². The predicted octanol–water partition coefficient (Wildman–Crippen LogP) is 4.54. The van der Waals surface area contributed by atoms with Gasteiger partial charge >= 0.3 is 0 Å². The number of nitrogens with zero attached hydrogens (tertiary/aromatic N) is 1. The first-order chi connectivity index (χ1) is 9.89. The Kier molecular flexibility index (Phi) is 3.35. The number of hydrogen-bond donors (Lipinski definition) is 0. The Morgan fingerprint density at radius 3 is 2.38 bits per heavy atom. The van der Waals surface area contributed by atoms with Gasteiger partial charge in [-0.1, -0.05) is 57.2 Å². The molecule has 1 aromatic carbocycles. The van der Waals surface area contributed by atoms with Gasteiger partial charge in [0, 0.05) is 17.3 Å². The van der Waals surface area contributed by atoms with E-state index in [9.17, 15) is 4.79 Å². The molecule has 21 heavy (non-hydrogen) atoms. The molecule has 2 aliphatic rings. The summed E-state index contributed by atoms with van der Waals surface area (Å²) in [5, 5.41) is 0. The average Bonchev–Trinajstić information content (AvgIpc) is 2.70. The summed E-state index contributed by atoms with van der Waals surface area (Å²) in [5.41, 5.74) is 1.31. The number of fused-ring (bicyclic) bond motifs is 1. The Morgan fingerprint density at radius 1 is 1.10 bits per heavy atom. The van der Waals surface area contributed by atoms with Gasteiger partial charge in [-0.05, 0) is 40.3 Å². The van der Waals surface area contributed by atoms with Gasteiger partial charge < -0.3 is 4.90 Å². The van der Waals surface area contributed by atoms with Crippen molar-refractivity contribution in [3.05, 3.63) is 69.6 Å². The van der Waals surface area contributed by atoms with E-state index < -0.39 is 5.54 Å². The monoisotopic (exact) mass is 391 g/mol. The number of carbonyl (C=O) groups excluding carboxylic acids is 1. The Bertz CT molecular complexity index is 679. The number of hydrogen-bond acceptors (Lipinski definition) is 2. The van der Waals surface area contributed by atoms with Crippen molar-refractivity contribution in [2.24, 2.45) is 5.41 Å². The van der Waals surface area contributed by atoms with Crippen molar-refractivity contribution < 1.29 is 4.79 Å². The Labute approximate surface area is 139 Å². The molecule has 0 aromatic heterocycles. The number of carbonyl (C=O) groups is 1. The Hall–Kier alpha value is -1.36. The van der Waals surface area contributed by atoms with Gasteiger partial charge in [0.15, 0.2) is 5.54 Å². The van der Waals surface area contributed by atoms with Crippen LogP contribution < -0.4 is 0 Å². The summed E-state index contributed by atoms with van der Waals surface area (Å²) in [6, 6.07) is 10.0. The largest absolute Gasteiger partial charge is 0.329 e. The normalized spacial score (nSPS) is 24.8. The van der Waals surface area contributed by atoms with Gasteiger partial charge in [0.05, 0.1) is 3.58 Å². The van der Waals surface area contributed by atoms with Crippen LogP contribution in [0, 0.1) is 5.41 Å².